The topological polar surface area (TPSA) is 67.1 Å². The Bertz CT molecular complexity index is 554. The van der Waals surface area contributed by atoms with Crippen LogP contribution in [-0.4, -0.2) is 29.6 Å². The Balaban J connectivity index is 1.61. The van der Waals surface area contributed by atoms with Gasteiger partial charge >= 0.3 is 0 Å². The lowest BCUT2D eigenvalue weighted by molar-refractivity contribution is 0.445. The van der Waals surface area contributed by atoms with E-state index in [0.29, 0.717) is 11.6 Å². The van der Waals surface area contributed by atoms with Crippen molar-refractivity contribution >= 4 is 17.3 Å². The van der Waals surface area contributed by atoms with Gasteiger partial charge in [0.05, 0.1) is 0 Å². The van der Waals surface area contributed by atoms with Crippen molar-refractivity contribution < 1.29 is 0 Å². The predicted molar refractivity (Wildman–Crippen MR) is 96.7 cm³/mol. The fraction of sp³-hybridized carbons (Fsp3) is 0.667. The van der Waals surface area contributed by atoms with Crippen molar-refractivity contribution in [2.24, 2.45) is 5.92 Å². The van der Waals surface area contributed by atoms with Crippen LogP contribution in [0.15, 0.2) is 18.0 Å². The summed E-state index contributed by atoms with van der Waals surface area (Å²) >= 11 is 0. The predicted octanol–water partition coefficient (Wildman–Crippen LogP) is 3.60. The molecule has 0 radical (unpaired) electrons. The van der Waals surface area contributed by atoms with Crippen molar-refractivity contribution in [3.05, 3.63) is 18.0 Å². The molecule has 0 aromatic carbocycles. The first-order chi connectivity index (χ1) is 11.2. The fourth-order valence-corrected chi connectivity index (χ4v) is 3.63. The second kappa shape index (κ2) is 7.66. The molecule has 1 aromatic rings. The number of aromatic nitrogens is 2. The van der Waals surface area contributed by atoms with Crippen molar-refractivity contribution in [2.75, 3.05) is 35.6 Å². The summed E-state index contributed by atoms with van der Waals surface area (Å²) in [4.78, 5) is 11.1. The quantitative estimate of drug-likeness (QED) is 0.813. The summed E-state index contributed by atoms with van der Waals surface area (Å²) in [5.41, 5.74) is 8.60. The van der Waals surface area contributed by atoms with Crippen LogP contribution in [0.1, 0.15) is 51.9 Å². The van der Waals surface area contributed by atoms with Crippen LogP contribution in [0.4, 0.5) is 17.3 Å². The highest BCUT2D eigenvalue weighted by molar-refractivity contribution is 5.75. The van der Waals surface area contributed by atoms with Gasteiger partial charge in [-0.3, -0.25) is 0 Å². The van der Waals surface area contributed by atoms with Gasteiger partial charge in [0.15, 0.2) is 11.6 Å². The Labute approximate surface area is 139 Å². The van der Waals surface area contributed by atoms with Crippen molar-refractivity contribution in [3.8, 4) is 0 Å². The number of hydrogen-bond acceptors (Lipinski definition) is 5. The van der Waals surface area contributed by atoms with Gasteiger partial charge in [-0.15, -0.1) is 0 Å². The average molecular weight is 315 g/mol. The monoisotopic (exact) mass is 315 g/mol. The maximum atomic E-state index is 6.34. The van der Waals surface area contributed by atoms with Crippen LogP contribution in [0, 0.1) is 5.92 Å². The number of nitrogens with zero attached hydrogens (tertiary/aromatic N) is 3. The molecular weight excluding hydrogens is 286 g/mol. The molecule has 1 fully saturated rings. The summed E-state index contributed by atoms with van der Waals surface area (Å²) < 4.78 is 0. The largest absolute Gasteiger partial charge is 0.393 e. The molecule has 1 unspecified atom stereocenters. The van der Waals surface area contributed by atoms with E-state index in [1.807, 2.05) is 0 Å². The third-order valence-electron chi connectivity index (χ3n) is 4.94. The van der Waals surface area contributed by atoms with Crippen LogP contribution in [0.5, 0.6) is 0 Å². The zero-order valence-electron chi connectivity index (χ0n) is 14.2. The molecule has 1 aliphatic heterocycles. The van der Waals surface area contributed by atoms with Gasteiger partial charge in [-0.1, -0.05) is 18.6 Å². The summed E-state index contributed by atoms with van der Waals surface area (Å²) in [7, 11) is 0. The second-order valence-electron chi connectivity index (χ2n) is 6.94. The Kier molecular flexibility index (Phi) is 5.36. The van der Waals surface area contributed by atoms with Gasteiger partial charge in [0.1, 0.15) is 12.0 Å². The summed E-state index contributed by atoms with van der Waals surface area (Å²) in [6.07, 6.45) is 12.8. The third kappa shape index (κ3) is 4.15. The van der Waals surface area contributed by atoms with Crippen LogP contribution in [-0.2, 0) is 0 Å². The molecule has 23 heavy (non-hydrogen) atoms. The standard InChI is InChI=1S/C18H29N5/c1-14-6-5-11-23(12-14)18-16(19)17(21-13-22-18)20-10-9-15-7-3-2-4-8-15/h7,13-14H,2-6,8-12,19H2,1H3,(H,20,21,22). The van der Waals surface area contributed by atoms with E-state index in [0.717, 1.165) is 37.7 Å². The number of hydrogen-bond donors (Lipinski definition) is 2. The molecule has 1 saturated heterocycles. The molecule has 0 bridgehead atoms. The van der Waals surface area contributed by atoms with Crippen LogP contribution in [0.25, 0.3) is 0 Å². The Hall–Kier alpha value is -1.78. The fourth-order valence-electron chi connectivity index (χ4n) is 3.63. The molecule has 1 atom stereocenters. The van der Waals surface area contributed by atoms with E-state index in [1.165, 1.54) is 38.5 Å². The molecule has 0 spiro atoms. The van der Waals surface area contributed by atoms with E-state index in [4.69, 9.17) is 5.73 Å². The first kappa shape index (κ1) is 16.1. The van der Waals surface area contributed by atoms with Crippen molar-refractivity contribution in [1.82, 2.24) is 9.97 Å². The Morgan fingerprint density at radius 3 is 3.00 bits per heavy atom. The smallest absolute Gasteiger partial charge is 0.157 e. The number of piperidine rings is 1. The molecule has 1 aromatic heterocycles. The summed E-state index contributed by atoms with van der Waals surface area (Å²) in [5.74, 6) is 2.38. The summed E-state index contributed by atoms with van der Waals surface area (Å²) in [6.45, 7) is 5.26. The zero-order chi connectivity index (χ0) is 16.1. The zero-order valence-corrected chi connectivity index (χ0v) is 14.2. The lowest BCUT2D eigenvalue weighted by Gasteiger charge is -2.32. The van der Waals surface area contributed by atoms with E-state index >= 15 is 0 Å². The number of allylic oxidation sites excluding steroid dienone is 1. The molecule has 5 heteroatoms. The minimum atomic E-state index is 0.694. The highest BCUT2D eigenvalue weighted by atomic mass is 15.2. The molecule has 2 heterocycles. The molecule has 3 N–H and O–H groups in total. The Morgan fingerprint density at radius 2 is 2.22 bits per heavy atom. The molecular formula is C18H29N5. The maximum absolute atomic E-state index is 6.34. The Morgan fingerprint density at radius 1 is 1.30 bits per heavy atom. The van der Waals surface area contributed by atoms with Crippen LogP contribution in [0.2, 0.25) is 0 Å². The van der Waals surface area contributed by atoms with Crippen LogP contribution >= 0.6 is 0 Å². The van der Waals surface area contributed by atoms with Gasteiger partial charge in [-0.05, 0) is 50.9 Å². The molecule has 3 rings (SSSR count). The molecule has 2 aliphatic rings. The van der Waals surface area contributed by atoms with E-state index < -0.39 is 0 Å². The minimum absolute atomic E-state index is 0.694. The molecule has 0 amide bonds. The first-order valence-corrected chi connectivity index (χ1v) is 9.01. The van der Waals surface area contributed by atoms with E-state index in [-0.39, 0.29) is 0 Å². The number of nitrogen functional groups attached to an aromatic ring is 1. The highest BCUT2D eigenvalue weighted by Crippen LogP contribution is 2.29. The van der Waals surface area contributed by atoms with Crippen LogP contribution in [0.3, 0.4) is 0 Å². The van der Waals surface area contributed by atoms with Gasteiger partial charge in [-0.25, -0.2) is 9.97 Å². The summed E-state index contributed by atoms with van der Waals surface area (Å²) in [6, 6.07) is 0. The molecule has 0 saturated carbocycles. The van der Waals surface area contributed by atoms with Crippen molar-refractivity contribution in [3.63, 3.8) is 0 Å². The first-order valence-electron chi connectivity index (χ1n) is 9.01. The number of nitrogens with one attached hydrogen (secondary N) is 1. The number of anilines is 3. The van der Waals surface area contributed by atoms with E-state index in [2.05, 4.69) is 33.2 Å². The molecule has 1 aliphatic carbocycles. The van der Waals surface area contributed by atoms with Crippen molar-refractivity contribution in [2.45, 2.75) is 51.9 Å². The van der Waals surface area contributed by atoms with Crippen molar-refractivity contribution in [1.29, 1.82) is 0 Å². The average Bonchev–Trinajstić information content (AvgIpc) is 2.57. The third-order valence-corrected chi connectivity index (χ3v) is 4.94. The minimum Gasteiger partial charge on any atom is -0.393 e. The normalized spacial score (nSPS) is 21.9. The molecule has 5 nitrogen and oxygen atoms in total. The van der Waals surface area contributed by atoms with Crippen LogP contribution < -0.4 is 16.0 Å². The van der Waals surface area contributed by atoms with Gasteiger partial charge < -0.3 is 16.0 Å². The second-order valence-corrected chi connectivity index (χ2v) is 6.94. The summed E-state index contributed by atoms with van der Waals surface area (Å²) in [5, 5.41) is 3.41. The van der Waals surface area contributed by atoms with Gasteiger partial charge in [-0.2, -0.15) is 0 Å². The van der Waals surface area contributed by atoms with E-state index in [9.17, 15) is 0 Å². The number of rotatable bonds is 5. The number of nitrogens with two attached hydrogens (primary N) is 1. The van der Waals surface area contributed by atoms with Gasteiger partial charge in [0, 0.05) is 19.6 Å². The van der Waals surface area contributed by atoms with Gasteiger partial charge in [0.25, 0.3) is 0 Å². The van der Waals surface area contributed by atoms with E-state index in [1.54, 1.807) is 11.9 Å². The molecule has 126 valence electrons. The highest BCUT2D eigenvalue weighted by Gasteiger charge is 2.21. The lowest BCUT2D eigenvalue weighted by atomic mass is 9.97. The SMILES string of the molecule is CC1CCCN(c2ncnc(NCCC3=CCCCC3)c2N)C1. The lowest BCUT2D eigenvalue weighted by Crippen LogP contribution is -2.35. The van der Waals surface area contributed by atoms with Gasteiger partial charge in [0.2, 0.25) is 0 Å². The maximum Gasteiger partial charge on any atom is 0.157 e.